The zero-order valence-corrected chi connectivity index (χ0v) is 20.7. The standard InChI is InChI=1S/C27H27N5O2S/c1-17-9-12-20(13-10-17)24-25(26(33)28-22-14-11-18(2)15-19(22)3)35-27-30-29-23(32(27)31-24)16-34-21-7-5-4-6-8-21/h4-15,24-25,31H,16H2,1-3H3,(H,28,33)/t24-,25-/m1/s1. The van der Waals surface area contributed by atoms with Gasteiger partial charge in [-0.15, -0.1) is 10.2 Å². The predicted octanol–water partition coefficient (Wildman–Crippen LogP) is 5.18. The number of anilines is 1. The minimum Gasteiger partial charge on any atom is -0.486 e. The molecular weight excluding hydrogens is 458 g/mol. The van der Waals surface area contributed by atoms with E-state index in [0.717, 1.165) is 33.7 Å². The zero-order valence-electron chi connectivity index (χ0n) is 19.9. The van der Waals surface area contributed by atoms with Gasteiger partial charge in [0, 0.05) is 5.69 Å². The highest BCUT2D eigenvalue weighted by atomic mass is 32.2. The van der Waals surface area contributed by atoms with Gasteiger partial charge in [0.1, 0.15) is 17.6 Å². The number of amides is 1. The predicted molar refractivity (Wildman–Crippen MR) is 138 cm³/mol. The van der Waals surface area contributed by atoms with Crippen molar-refractivity contribution >= 4 is 23.4 Å². The number of hydrogen-bond donors (Lipinski definition) is 2. The molecule has 1 aliphatic rings. The van der Waals surface area contributed by atoms with Gasteiger partial charge >= 0.3 is 0 Å². The summed E-state index contributed by atoms with van der Waals surface area (Å²) in [6.07, 6.45) is 0. The Morgan fingerprint density at radius 1 is 1.00 bits per heavy atom. The number of rotatable bonds is 6. The summed E-state index contributed by atoms with van der Waals surface area (Å²) >= 11 is 1.40. The fourth-order valence-corrected chi connectivity index (χ4v) is 5.14. The zero-order chi connectivity index (χ0) is 24.4. The SMILES string of the molecule is Cc1ccc([C@H]2Nn3c(COc4ccccc4)nnc3S[C@H]2C(=O)Nc2ccc(C)cc2C)cc1. The lowest BCUT2D eigenvalue weighted by Gasteiger charge is -2.33. The molecule has 178 valence electrons. The Morgan fingerprint density at radius 3 is 2.49 bits per heavy atom. The van der Waals surface area contributed by atoms with Crippen LogP contribution in [0.2, 0.25) is 0 Å². The van der Waals surface area contributed by atoms with Gasteiger partial charge in [-0.25, -0.2) is 4.68 Å². The monoisotopic (exact) mass is 485 g/mol. The first-order chi connectivity index (χ1) is 17.0. The summed E-state index contributed by atoms with van der Waals surface area (Å²) in [7, 11) is 0. The average molecular weight is 486 g/mol. The van der Waals surface area contributed by atoms with E-state index >= 15 is 0 Å². The van der Waals surface area contributed by atoms with Crippen molar-refractivity contribution in [2.75, 3.05) is 10.7 Å². The second kappa shape index (κ2) is 9.84. The fourth-order valence-electron chi connectivity index (χ4n) is 4.04. The topological polar surface area (TPSA) is 81.1 Å². The molecule has 2 heterocycles. The smallest absolute Gasteiger partial charge is 0.240 e. The van der Waals surface area contributed by atoms with Crippen molar-refractivity contribution in [1.82, 2.24) is 14.9 Å². The minimum absolute atomic E-state index is 0.0867. The summed E-state index contributed by atoms with van der Waals surface area (Å²) in [6.45, 7) is 6.35. The van der Waals surface area contributed by atoms with Crippen molar-refractivity contribution in [2.24, 2.45) is 0 Å². The molecule has 1 aliphatic heterocycles. The van der Waals surface area contributed by atoms with E-state index in [9.17, 15) is 4.79 Å². The summed E-state index contributed by atoms with van der Waals surface area (Å²) in [5, 5.41) is 12.0. The Balaban J connectivity index is 1.42. The number of hydrogen-bond acceptors (Lipinski definition) is 6. The maximum Gasteiger partial charge on any atom is 0.240 e. The lowest BCUT2D eigenvalue weighted by Crippen LogP contribution is -2.41. The first-order valence-corrected chi connectivity index (χ1v) is 12.4. The molecule has 0 aliphatic carbocycles. The Bertz CT molecular complexity index is 1340. The van der Waals surface area contributed by atoms with E-state index in [2.05, 4.69) is 51.3 Å². The lowest BCUT2D eigenvalue weighted by atomic mass is 10.0. The first kappa shape index (κ1) is 23.0. The second-order valence-corrected chi connectivity index (χ2v) is 9.81. The van der Waals surface area contributed by atoms with E-state index in [4.69, 9.17) is 4.74 Å². The van der Waals surface area contributed by atoms with E-state index in [0.29, 0.717) is 11.0 Å². The highest BCUT2D eigenvalue weighted by Crippen LogP contribution is 2.38. The van der Waals surface area contributed by atoms with Crippen LogP contribution in [0.1, 0.15) is 34.1 Å². The summed E-state index contributed by atoms with van der Waals surface area (Å²) in [5.41, 5.74) is 8.66. The quantitative estimate of drug-likeness (QED) is 0.392. The number of para-hydroxylation sites is 1. The van der Waals surface area contributed by atoms with Gasteiger partial charge in [0.25, 0.3) is 0 Å². The average Bonchev–Trinajstić information content (AvgIpc) is 3.26. The number of nitrogens with one attached hydrogen (secondary N) is 2. The molecule has 4 aromatic rings. The second-order valence-electron chi connectivity index (χ2n) is 8.70. The number of fused-ring (bicyclic) bond motifs is 1. The van der Waals surface area contributed by atoms with Gasteiger partial charge in [0.15, 0.2) is 5.82 Å². The van der Waals surface area contributed by atoms with Crippen LogP contribution in [0.15, 0.2) is 78.0 Å². The Kier molecular flexibility index (Phi) is 6.46. The van der Waals surface area contributed by atoms with Crippen molar-refractivity contribution in [3.63, 3.8) is 0 Å². The fraction of sp³-hybridized carbons (Fsp3) is 0.222. The molecule has 0 spiro atoms. The van der Waals surface area contributed by atoms with Crippen molar-refractivity contribution < 1.29 is 9.53 Å². The van der Waals surface area contributed by atoms with Crippen molar-refractivity contribution in [3.8, 4) is 5.75 Å². The van der Waals surface area contributed by atoms with E-state index in [-0.39, 0.29) is 18.6 Å². The molecule has 3 aromatic carbocycles. The van der Waals surface area contributed by atoms with Crippen LogP contribution in [0, 0.1) is 20.8 Å². The minimum atomic E-state index is -0.446. The van der Waals surface area contributed by atoms with Crippen molar-refractivity contribution in [1.29, 1.82) is 0 Å². The Labute approximate surface area is 208 Å². The molecule has 0 bridgehead atoms. The van der Waals surface area contributed by atoms with Crippen LogP contribution in [0.4, 0.5) is 5.69 Å². The van der Waals surface area contributed by atoms with E-state index in [1.54, 1.807) is 0 Å². The molecule has 35 heavy (non-hydrogen) atoms. The molecule has 0 unspecified atom stereocenters. The van der Waals surface area contributed by atoms with Crippen LogP contribution in [-0.2, 0) is 11.4 Å². The highest BCUT2D eigenvalue weighted by molar-refractivity contribution is 8.00. The van der Waals surface area contributed by atoms with E-state index in [1.165, 1.54) is 11.8 Å². The number of nitrogens with zero attached hydrogens (tertiary/aromatic N) is 3. The van der Waals surface area contributed by atoms with Crippen LogP contribution >= 0.6 is 11.8 Å². The van der Waals surface area contributed by atoms with Gasteiger partial charge in [-0.3, -0.25) is 4.79 Å². The Hall–Kier alpha value is -3.78. The van der Waals surface area contributed by atoms with Crippen LogP contribution in [0.25, 0.3) is 0 Å². The molecule has 8 heteroatoms. The number of carbonyl (C=O) groups excluding carboxylic acids is 1. The number of carbonyl (C=O) groups is 1. The molecule has 2 N–H and O–H groups in total. The number of aryl methyl sites for hydroxylation is 3. The molecule has 1 amide bonds. The molecule has 1 aromatic heterocycles. The van der Waals surface area contributed by atoms with Gasteiger partial charge in [-0.1, -0.05) is 77.5 Å². The molecule has 0 saturated carbocycles. The maximum atomic E-state index is 13.5. The van der Waals surface area contributed by atoms with Gasteiger partial charge in [-0.05, 0) is 50.1 Å². The summed E-state index contributed by atoms with van der Waals surface area (Å²) in [6, 6.07) is 23.6. The normalized spacial score (nSPS) is 16.8. The number of thioether (sulfide) groups is 1. The van der Waals surface area contributed by atoms with Gasteiger partial charge in [0.05, 0.1) is 6.04 Å². The molecule has 0 radical (unpaired) electrons. The molecule has 5 rings (SSSR count). The summed E-state index contributed by atoms with van der Waals surface area (Å²) in [4.78, 5) is 13.5. The van der Waals surface area contributed by atoms with E-state index in [1.807, 2.05) is 67.9 Å². The van der Waals surface area contributed by atoms with Crippen LogP contribution in [0.3, 0.4) is 0 Å². The molecule has 2 atom stereocenters. The van der Waals surface area contributed by atoms with Crippen LogP contribution in [-0.4, -0.2) is 26.0 Å². The maximum absolute atomic E-state index is 13.5. The van der Waals surface area contributed by atoms with Crippen LogP contribution < -0.4 is 15.5 Å². The summed E-state index contributed by atoms with van der Waals surface area (Å²) in [5.74, 6) is 1.31. The third kappa shape index (κ3) is 5.02. The van der Waals surface area contributed by atoms with Gasteiger partial charge in [-0.2, -0.15) is 0 Å². The number of aromatic nitrogens is 3. The molecule has 0 fully saturated rings. The summed E-state index contributed by atoms with van der Waals surface area (Å²) < 4.78 is 7.73. The number of ether oxygens (including phenoxy) is 1. The largest absolute Gasteiger partial charge is 0.486 e. The molecular formula is C27H27N5O2S. The molecule has 0 saturated heterocycles. The third-order valence-electron chi connectivity index (χ3n) is 5.95. The van der Waals surface area contributed by atoms with Gasteiger partial charge < -0.3 is 15.5 Å². The molecule has 7 nitrogen and oxygen atoms in total. The van der Waals surface area contributed by atoms with Crippen molar-refractivity contribution in [2.45, 2.75) is 43.8 Å². The highest BCUT2D eigenvalue weighted by Gasteiger charge is 2.38. The number of benzene rings is 3. The van der Waals surface area contributed by atoms with Crippen LogP contribution in [0.5, 0.6) is 5.75 Å². The van der Waals surface area contributed by atoms with Crippen molar-refractivity contribution in [3.05, 3.63) is 101 Å². The van der Waals surface area contributed by atoms with Gasteiger partial charge in [0.2, 0.25) is 11.1 Å². The van der Waals surface area contributed by atoms with E-state index < -0.39 is 5.25 Å². The Morgan fingerprint density at radius 2 is 1.74 bits per heavy atom. The first-order valence-electron chi connectivity index (χ1n) is 11.5. The third-order valence-corrected chi connectivity index (χ3v) is 7.16. The lowest BCUT2D eigenvalue weighted by molar-refractivity contribution is -0.116.